The van der Waals surface area contributed by atoms with E-state index in [1.165, 1.54) is 0 Å². The monoisotopic (exact) mass is 331 g/mol. The Morgan fingerprint density at radius 2 is 1.70 bits per heavy atom. The zero-order valence-corrected chi connectivity index (χ0v) is 13.3. The second kappa shape index (κ2) is 9.16. The van der Waals surface area contributed by atoms with Gasteiger partial charge in [-0.2, -0.15) is 0 Å². The summed E-state index contributed by atoms with van der Waals surface area (Å²) in [6.45, 7) is 0.303. The molecule has 0 aromatic heterocycles. The van der Waals surface area contributed by atoms with Gasteiger partial charge < -0.3 is 14.5 Å². The number of benzene rings is 2. The average Bonchev–Trinajstić information content (AvgIpc) is 2.58. The maximum Gasteiger partial charge on any atom is 0.315 e. The van der Waals surface area contributed by atoms with E-state index in [1.54, 1.807) is 0 Å². The Morgan fingerprint density at radius 1 is 1.09 bits per heavy atom. The predicted molar refractivity (Wildman–Crippen MR) is 90.1 cm³/mol. The molecule has 0 amide bonds. The van der Waals surface area contributed by atoms with Crippen LogP contribution in [0, 0.1) is 0 Å². The molecule has 1 atom stereocenters. The first-order chi connectivity index (χ1) is 11.2. The van der Waals surface area contributed by atoms with Crippen LogP contribution in [0.2, 0.25) is 0 Å². The normalized spacial score (nSPS) is 12.5. The summed E-state index contributed by atoms with van der Waals surface area (Å²) >= 11 is 0. The second-order valence-corrected chi connectivity index (χ2v) is 5.73. The highest BCUT2D eigenvalue weighted by Crippen LogP contribution is 2.21. The minimum atomic E-state index is -2.21. The van der Waals surface area contributed by atoms with Crippen molar-refractivity contribution in [3.8, 4) is 0 Å². The maximum atomic E-state index is 12.4. The number of rotatable bonds is 7. The van der Waals surface area contributed by atoms with Crippen LogP contribution < -0.4 is 0 Å². The molecule has 0 saturated heterocycles. The number of carbonyl (C=O) groups is 1. The van der Waals surface area contributed by atoms with Crippen LogP contribution in [-0.4, -0.2) is 28.3 Å². The van der Waals surface area contributed by atoms with E-state index in [9.17, 15) is 4.79 Å². The molecule has 0 aliphatic carbocycles. The molecular formula is C17H18NO4P. The van der Waals surface area contributed by atoms with Crippen molar-refractivity contribution in [1.82, 2.24) is 0 Å². The summed E-state index contributed by atoms with van der Waals surface area (Å²) in [6, 6.07) is 18.6. The number of ether oxygens (including phenoxy) is 1. The molecule has 2 aromatic rings. The van der Waals surface area contributed by atoms with Crippen LogP contribution in [0.5, 0.6) is 0 Å². The van der Waals surface area contributed by atoms with Crippen molar-refractivity contribution in [2.75, 3.05) is 6.54 Å². The molecule has 0 spiro atoms. The largest absolute Gasteiger partial charge is 0.460 e. The van der Waals surface area contributed by atoms with E-state index in [0.29, 0.717) is 0 Å². The number of aliphatic imine (C=N–C) groups is 1. The van der Waals surface area contributed by atoms with Gasteiger partial charge in [0.2, 0.25) is 8.38 Å². The highest BCUT2D eigenvalue weighted by molar-refractivity contribution is 7.61. The van der Waals surface area contributed by atoms with Gasteiger partial charge in [0.05, 0.1) is 12.5 Å². The summed E-state index contributed by atoms with van der Waals surface area (Å²) in [7, 11) is -2.21. The highest BCUT2D eigenvalue weighted by atomic mass is 31.2. The summed E-state index contributed by atoms with van der Waals surface area (Å²) in [5.74, 6) is 0.0824. The third kappa shape index (κ3) is 5.91. The van der Waals surface area contributed by atoms with E-state index in [2.05, 4.69) is 4.99 Å². The molecule has 0 aliphatic heterocycles. The highest BCUT2D eigenvalue weighted by Gasteiger charge is 2.21. The van der Waals surface area contributed by atoms with Crippen molar-refractivity contribution in [3.63, 3.8) is 0 Å². The molecule has 120 valence electrons. The summed E-state index contributed by atoms with van der Waals surface area (Å²) in [4.78, 5) is 34.1. The van der Waals surface area contributed by atoms with Gasteiger partial charge in [-0.25, -0.2) is 0 Å². The lowest BCUT2D eigenvalue weighted by atomic mass is 9.99. The quantitative estimate of drug-likeness (QED) is 0.464. The van der Waals surface area contributed by atoms with E-state index in [0.717, 1.165) is 17.1 Å². The molecule has 23 heavy (non-hydrogen) atoms. The first-order valence-corrected chi connectivity index (χ1v) is 8.41. The van der Waals surface area contributed by atoms with E-state index in [-0.39, 0.29) is 13.2 Å². The van der Waals surface area contributed by atoms with Crippen LogP contribution in [0.3, 0.4) is 0 Å². The minimum absolute atomic E-state index is 0.109. The maximum absolute atomic E-state index is 12.4. The van der Waals surface area contributed by atoms with Crippen molar-refractivity contribution >= 4 is 20.3 Å². The Balaban J connectivity index is 2.05. The summed E-state index contributed by atoms with van der Waals surface area (Å²) in [6.07, 6.45) is 0. The van der Waals surface area contributed by atoms with Crippen LogP contribution in [0.4, 0.5) is 0 Å². The minimum Gasteiger partial charge on any atom is -0.460 e. The summed E-state index contributed by atoms with van der Waals surface area (Å²) < 4.78 is 5.37. The number of esters is 1. The SMILES string of the molecule is O=C(OCc1ccccc1)C(CN=CP(O)O)c1ccccc1. The molecule has 0 bridgehead atoms. The molecule has 1 unspecified atom stereocenters. The van der Waals surface area contributed by atoms with Crippen molar-refractivity contribution in [1.29, 1.82) is 0 Å². The van der Waals surface area contributed by atoms with E-state index < -0.39 is 20.3 Å². The fourth-order valence-corrected chi connectivity index (χ4v) is 2.30. The van der Waals surface area contributed by atoms with Crippen molar-refractivity contribution < 1.29 is 19.3 Å². The van der Waals surface area contributed by atoms with E-state index in [4.69, 9.17) is 14.5 Å². The molecule has 2 rings (SSSR count). The lowest BCUT2D eigenvalue weighted by Gasteiger charge is -2.14. The molecule has 0 aliphatic rings. The summed E-state index contributed by atoms with van der Waals surface area (Å²) in [5, 5.41) is 0. The molecule has 2 N–H and O–H groups in total. The molecule has 0 heterocycles. The van der Waals surface area contributed by atoms with Gasteiger partial charge in [-0.3, -0.25) is 9.79 Å². The molecule has 0 fully saturated rings. The second-order valence-electron chi connectivity index (χ2n) is 4.86. The standard InChI is InChI=1S/C17H18NO4P/c19-17(22-12-14-7-3-1-4-8-14)16(11-18-13-23(20)21)15-9-5-2-6-10-15/h1-10,13,16,20-21H,11-12H2. The lowest BCUT2D eigenvalue weighted by molar-refractivity contribution is -0.146. The smallest absolute Gasteiger partial charge is 0.315 e. The third-order valence-electron chi connectivity index (χ3n) is 3.18. The zero-order chi connectivity index (χ0) is 16.5. The average molecular weight is 331 g/mol. The molecule has 2 aromatic carbocycles. The number of nitrogens with zero attached hydrogens (tertiary/aromatic N) is 1. The van der Waals surface area contributed by atoms with Gasteiger partial charge in [-0.15, -0.1) is 0 Å². The Hall–Kier alpha value is -2.07. The number of hydrogen-bond donors (Lipinski definition) is 2. The van der Waals surface area contributed by atoms with Crippen LogP contribution in [0.15, 0.2) is 65.7 Å². The van der Waals surface area contributed by atoms with E-state index >= 15 is 0 Å². The molecular weight excluding hydrogens is 313 g/mol. The van der Waals surface area contributed by atoms with Gasteiger partial charge in [0.1, 0.15) is 12.5 Å². The first kappa shape index (κ1) is 17.3. The number of carbonyl (C=O) groups excluding carboxylic acids is 1. The Bertz CT molecular complexity index is 632. The number of hydrogen-bond acceptors (Lipinski definition) is 5. The molecule has 0 radical (unpaired) electrons. The van der Waals surface area contributed by atoms with Crippen LogP contribution in [0.1, 0.15) is 17.0 Å². The van der Waals surface area contributed by atoms with Gasteiger partial charge >= 0.3 is 5.97 Å². The Morgan fingerprint density at radius 3 is 2.30 bits per heavy atom. The molecule has 0 saturated carbocycles. The fourth-order valence-electron chi connectivity index (χ4n) is 2.06. The topological polar surface area (TPSA) is 79.1 Å². The fraction of sp³-hybridized carbons (Fsp3) is 0.176. The predicted octanol–water partition coefficient (Wildman–Crippen LogP) is 2.84. The summed E-state index contributed by atoms with van der Waals surface area (Å²) in [5.41, 5.74) is 1.69. The third-order valence-corrected chi connectivity index (χ3v) is 3.55. The molecule has 5 nitrogen and oxygen atoms in total. The van der Waals surface area contributed by atoms with Gasteiger partial charge in [-0.1, -0.05) is 60.7 Å². The zero-order valence-electron chi connectivity index (χ0n) is 12.4. The first-order valence-electron chi connectivity index (χ1n) is 7.09. The van der Waals surface area contributed by atoms with Gasteiger partial charge in [-0.05, 0) is 11.1 Å². The van der Waals surface area contributed by atoms with Crippen molar-refractivity contribution in [2.24, 2.45) is 4.99 Å². The molecule has 6 heteroatoms. The van der Waals surface area contributed by atoms with Gasteiger partial charge in [0.25, 0.3) is 0 Å². The van der Waals surface area contributed by atoms with Crippen LogP contribution in [-0.2, 0) is 16.1 Å². The van der Waals surface area contributed by atoms with Gasteiger partial charge in [0.15, 0.2) is 0 Å². The van der Waals surface area contributed by atoms with Crippen molar-refractivity contribution in [2.45, 2.75) is 12.5 Å². The Labute approximate surface area is 136 Å². The Kier molecular flexibility index (Phi) is 6.88. The lowest BCUT2D eigenvalue weighted by Crippen LogP contribution is -2.18. The van der Waals surface area contributed by atoms with Gasteiger partial charge in [0, 0.05) is 0 Å². The van der Waals surface area contributed by atoms with E-state index in [1.807, 2.05) is 60.7 Å². The van der Waals surface area contributed by atoms with Crippen molar-refractivity contribution in [3.05, 3.63) is 71.8 Å². The van der Waals surface area contributed by atoms with Crippen LogP contribution in [0.25, 0.3) is 0 Å². The van der Waals surface area contributed by atoms with Crippen LogP contribution >= 0.6 is 8.38 Å².